The smallest absolute Gasteiger partial charge is 0.227 e. The van der Waals surface area contributed by atoms with E-state index < -0.39 is 0 Å². The van der Waals surface area contributed by atoms with Crippen LogP contribution < -0.4 is 20.3 Å². The Balaban J connectivity index is 1.36. The molecule has 0 aliphatic carbocycles. The molecule has 1 aliphatic heterocycles. The molecule has 0 fully saturated rings. The summed E-state index contributed by atoms with van der Waals surface area (Å²) in [5.41, 5.74) is 2.13. The number of benzene rings is 2. The van der Waals surface area contributed by atoms with Crippen molar-refractivity contribution in [2.24, 2.45) is 0 Å². The van der Waals surface area contributed by atoms with E-state index in [0.717, 1.165) is 15.9 Å². The molecule has 0 radical (unpaired) electrons. The molecule has 9 heteroatoms. The highest BCUT2D eigenvalue weighted by Crippen LogP contribution is 2.32. The Morgan fingerprint density at radius 3 is 2.80 bits per heavy atom. The maximum Gasteiger partial charge on any atom is 0.227 e. The zero-order valence-corrected chi connectivity index (χ0v) is 17.1. The van der Waals surface area contributed by atoms with Crippen LogP contribution in [0.2, 0.25) is 0 Å². The molecular formula is C21H20N4O4S. The second-order valence-corrected chi connectivity index (χ2v) is 7.82. The third kappa shape index (κ3) is 4.41. The summed E-state index contributed by atoms with van der Waals surface area (Å²) in [5, 5.41) is 5.93. The van der Waals surface area contributed by atoms with Crippen LogP contribution in [0.15, 0.2) is 42.5 Å². The molecule has 30 heavy (non-hydrogen) atoms. The molecule has 8 nitrogen and oxygen atoms in total. The lowest BCUT2D eigenvalue weighted by atomic mass is 10.2. The van der Waals surface area contributed by atoms with E-state index in [2.05, 4.69) is 15.6 Å². The SMILES string of the molecule is CC(=O)Nc1ccc2nc(NC(=O)CCC(=O)N3CCOc4ccccc43)sc2c1. The van der Waals surface area contributed by atoms with Crippen molar-refractivity contribution in [1.82, 2.24) is 4.98 Å². The number of anilines is 3. The summed E-state index contributed by atoms with van der Waals surface area (Å²) in [6.45, 7) is 2.34. The molecule has 0 saturated carbocycles. The minimum atomic E-state index is -0.272. The molecule has 4 rings (SSSR count). The molecule has 1 aromatic heterocycles. The highest BCUT2D eigenvalue weighted by Gasteiger charge is 2.23. The van der Waals surface area contributed by atoms with Gasteiger partial charge in [-0.1, -0.05) is 23.5 Å². The van der Waals surface area contributed by atoms with Crippen LogP contribution in [-0.2, 0) is 14.4 Å². The molecule has 0 unspecified atom stereocenters. The van der Waals surface area contributed by atoms with Crippen LogP contribution in [0, 0.1) is 0 Å². The molecule has 0 saturated heterocycles. The summed E-state index contributed by atoms with van der Waals surface area (Å²) in [5.74, 6) is 0.130. The number of carbonyl (C=O) groups excluding carboxylic acids is 3. The van der Waals surface area contributed by atoms with Gasteiger partial charge in [0.2, 0.25) is 17.7 Å². The minimum Gasteiger partial charge on any atom is -0.490 e. The maximum atomic E-state index is 12.6. The van der Waals surface area contributed by atoms with Gasteiger partial charge in [-0.2, -0.15) is 0 Å². The Morgan fingerprint density at radius 2 is 1.97 bits per heavy atom. The number of hydrogen-bond acceptors (Lipinski definition) is 6. The summed E-state index contributed by atoms with van der Waals surface area (Å²) in [4.78, 5) is 42.2. The van der Waals surface area contributed by atoms with Crippen LogP contribution in [0.25, 0.3) is 10.2 Å². The van der Waals surface area contributed by atoms with Gasteiger partial charge in [0, 0.05) is 25.5 Å². The molecule has 0 bridgehead atoms. The van der Waals surface area contributed by atoms with E-state index in [-0.39, 0.29) is 30.6 Å². The second kappa shape index (κ2) is 8.50. The number of amides is 3. The summed E-state index contributed by atoms with van der Waals surface area (Å²) >= 11 is 1.31. The van der Waals surface area contributed by atoms with Crippen molar-refractivity contribution in [3.05, 3.63) is 42.5 Å². The van der Waals surface area contributed by atoms with Gasteiger partial charge in [-0.05, 0) is 30.3 Å². The predicted octanol–water partition coefficient (Wildman–Crippen LogP) is 3.40. The molecule has 1 aliphatic rings. The van der Waals surface area contributed by atoms with Gasteiger partial charge in [-0.15, -0.1) is 0 Å². The molecule has 3 aromatic rings. The van der Waals surface area contributed by atoms with Crippen LogP contribution >= 0.6 is 11.3 Å². The van der Waals surface area contributed by atoms with Crippen molar-refractivity contribution >= 4 is 55.8 Å². The van der Waals surface area contributed by atoms with Crippen LogP contribution in [0.5, 0.6) is 5.75 Å². The Morgan fingerprint density at radius 1 is 1.13 bits per heavy atom. The van der Waals surface area contributed by atoms with E-state index in [1.807, 2.05) is 30.3 Å². The zero-order chi connectivity index (χ0) is 21.1. The first kappa shape index (κ1) is 19.8. The number of hydrogen-bond donors (Lipinski definition) is 2. The van der Waals surface area contributed by atoms with Gasteiger partial charge in [0.1, 0.15) is 12.4 Å². The Kier molecular flexibility index (Phi) is 5.62. The topological polar surface area (TPSA) is 101 Å². The lowest BCUT2D eigenvalue weighted by Gasteiger charge is -2.29. The van der Waals surface area contributed by atoms with Crippen molar-refractivity contribution in [2.45, 2.75) is 19.8 Å². The van der Waals surface area contributed by atoms with Gasteiger partial charge in [0.15, 0.2) is 5.13 Å². The van der Waals surface area contributed by atoms with E-state index in [0.29, 0.717) is 29.7 Å². The van der Waals surface area contributed by atoms with Crippen molar-refractivity contribution in [3.63, 3.8) is 0 Å². The third-order valence-electron chi connectivity index (χ3n) is 4.55. The van der Waals surface area contributed by atoms with E-state index in [4.69, 9.17) is 4.74 Å². The first-order valence-corrected chi connectivity index (χ1v) is 10.3. The molecule has 3 amide bonds. The lowest BCUT2D eigenvalue weighted by Crippen LogP contribution is -2.38. The molecule has 2 aromatic carbocycles. The molecule has 2 heterocycles. The number of nitrogens with one attached hydrogen (secondary N) is 2. The van der Waals surface area contributed by atoms with E-state index in [1.54, 1.807) is 17.0 Å². The average Bonchev–Trinajstić information content (AvgIpc) is 3.12. The highest BCUT2D eigenvalue weighted by molar-refractivity contribution is 7.22. The third-order valence-corrected chi connectivity index (χ3v) is 5.48. The van der Waals surface area contributed by atoms with Crippen molar-refractivity contribution in [2.75, 3.05) is 28.7 Å². The standard InChI is InChI=1S/C21H20N4O4S/c1-13(26)22-14-6-7-15-18(12-14)30-21(23-15)24-19(27)8-9-20(28)25-10-11-29-17-5-3-2-4-16(17)25/h2-7,12H,8-11H2,1H3,(H,22,26)(H,23,24,27). The van der Waals surface area contributed by atoms with Crippen molar-refractivity contribution < 1.29 is 19.1 Å². The first-order valence-electron chi connectivity index (χ1n) is 9.50. The van der Waals surface area contributed by atoms with Gasteiger partial charge in [-0.25, -0.2) is 4.98 Å². The number of aromatic nitrogens is 1. The van der Waals surface area contributed by atoms with Crippen LogP contribution in [0.1, 0.15) is 19.8 Å². The largest absolute Gasteiger partial charge is 0.490 e. The number of ether oxygens (including phenoxy) is 1. The fourth-order valence-corrected chi connectivity index (χ4v) is 4.15. The highest BCUT2D eigenvalue weighted by atomic mass is 32.1. The fraction of sp³-hybridized carbons (Fsp3) is 0.238. The van der Waals surface area contributed by atoms with Crippen LogP contribution in [-0.4, -0.2) is 35.9 Å². The van der Waals surface area contributed by atoms with Gasteiger partial charge in [0.25, 0.3) is 0 Å². The summed E-state index contributed by atoms with van der Waals surface area (Å²) in [7, 11) is 0. The van der Waals surface area contributed by atoms with Crippen molar-refractivity contribution in [3.8, 4) is 5.75 Å². The van der Waals surface area contributed by atoms with E-state index in [1.165, 1.54) is 18.3 Å². The maximum absolute atomic E-state index is 12.6. The van der Waals surface area contributed by atoms with E-state index >= 15 is 0 Å². The molecule has 0 spiro atoms. The van der Waals surface area contributed by atoms with Gasteiger partial charge in [0.05, 0.1) is 22.4 Å². The van der Waals surface area contributed by atoms with Gasteiger partial charge >= 0.3 is 0 Å². The molecular weight excluding hydrogens is 404 g/mol. The summed E-state index contributed by atoms with van der Waals surface area (Å²) in [6.07, 6.45) is 0.156. The fourth-order valence-electron chi connectivity index (χ4n) is 3.22. The number of para-hydroxylation sites is 2. The summed E-state index contributed by atoms with van der Waals surface area (Å²) in [6, 6.07) is 12.7. The Hall–Kier alpha value is -3.46. The number of rotatable bonds is 5. The predicted molar refractivity (Wildman–Crippen MR) is 116 cm³/mol. The average molecular weight is 424 g/mol. The Labute approximate surface area is 176 Å². The van der Waals surface area contributed by atoms with Crippen LogP contribution in [0.4, 0.5) is 16.5 Å². The monoisotopic (exact) mass is 424 g/mol. The zero-order valence-electron chi connectivity index (χ0n) is 16.3. The van der Waals surface area contributed by atoms with Crippen LogP contribution in [0.3, 0.4) is 0 Å². The number of fused-ring (bicyclic) bond motifs is 2. The normalized spacial score (nSPS) is 12.8. The quantitative estimate of drug-likeness (QED) is 0.654. The minimum absolute atomic E-state index is 0.0609. The van der Waals surface area contributed by atoms with Crippen molar-refractivity contribution in [1.29, 1.82) is 0 Å². The van der Waals surface area contributed by atoms with E-state index in [9.17, 15) is 14.4 Å². The number of carbonyl (C=O) groups is 3. The summed E-state index contributed by atoms with van der Waals surface area (Å²) < 4.78 is 6.41. The number of thiazole rings is 1. The Bertz CT molecular complexity index is 1130. The molecule has 2 N–H and O–H groups in total. The molecule has 0 atom stereocenters. The lowest BCUT2D eigenvalue weighted by molar-refractivity contribution is -0.122. The first-order chi connectivity index (χ1) is 14.5. The molecule has 154 valence electrons. The van der Waals surface area contributed by atoms with Gasteiger partial charge in [-0.3, -0.25) is 14.4 Å². The second-order valence-electron chi connectivity index (χ2n) is 6.79. The number of nitrogens with zero attached hydrogens (tertiary/aromatic N) is 2. The van der Waals surface area contributed by atoms with Gasteiger partial charge < -0.3 is 20.3 Å².